The zero-order valence-corrected chi connectivity index (χ0v) is 68.2. The van der Waals surface area contributed by atoms with Gasteiger partial charge < -0.3 is 44.4 Å². The Bertz CT molecular complexity index is 4070. The number of aromatic carboxylic acids is 1. The highest BCUT2D eigenvalue weighted by molar-refractivity contribution is 9.10. The summed E-state index contributed by atoms with van der Waals surface area (Å²) in [7, 11) is 0.646. The fourth-order valence-corrected chi connectivity index (χ4v) is 12.7. The van der Waals surface area contributed by atoms with Crippen molar-refractivity contribution in [3.63, 3.8) is 0 Å². The van der Waals surface area contributed by atoms with Gasteiger partial charge in [-0.25, -0.2) is 44.3 Å². The second-order valence-electron chi connectivity index (χ2n) is 31.0. The fourth-order valence-electron chi connectivity index (χ4n) is 11.4. The van der Waals surface area contributed by atoms with E-state index >= 15 is 0 Å². The Balaban J connectivity index is 0.000000211. The average molecular weight is 1540 g/mol. The van der Waals surface area contributed by atoms with Crippen LogP contribution in [-0.4, -0.2) is 179 Å². The second-order valence-corrected chi connectivity index (χ2v) is 41.4. The van der Waals surface area contributed by atoms with Crippen molar-refractivity contribution in [2.75, 3.05) is 76.3 Å². The molecule has 0 radical (unpaired) electrons. The number of hydrogen-bond donors (Lipinski definition) is 2. The molecule has 4 fully saturated rings. The van der Waals surface area contributed by atoms with Gasteiger partial charge in [0.2, 0.25) is 11.8 Å². The van der Waals surface area contributed by atoms with Gasteiger partial charge >= 0.3 is 18.2 Å². The summed E-state index contributed by atoms with van der Waals surface area (Å²) in [6.45, 7) is 36.6. The lowest BCUT2D eigenvalue weighted by Gasteiger charge is -2.24. The summed E-state index contributed by atoms with van der Waals surface area (Å²) >= 11 is 3.45. The molecule has 3 aromatic heterocycles. The molecule has 4 saturated heterocycles. The molecule has 0 bridgehead atoms. The number of carboxylic acids is 1. The maximum Gasteiger partial charge on any atom is 0.410 e. The van der Waals surface area contributed by atoms with E-state index < -0.39 is 33.3 Å². The van der Waals surface area contributed by atoms with Crippen LogP contribution in [0.15, 0.2) is 127 Å². The summed E-state index contributed by atoms with van der Waals surface area (Å²) in [6.07, 6.45) is 24.9. The van der Waals surface area contributed by atoms with Gasteiger partial charge in [-0.05, 0) is 183 Å². The van der Waals surface area contributed by atoms with Crippen molar-refractivity contribution in [1.29, 1.82) is 0 Å². The average Bonchev–Trinajstić information content (AvgIpc) is 1.86. The lowest BCUT2D eigenvalue weighted by molar-refractivity contribution is -0.118. The van der Waals surface area contributed by atoms with Crippen molar-refractivity contribution in [2.24, 2.45) is 23.7 Å². The van der Waals surface area contributed by atoms with Crippen LogP contribution in [-0.2, 0) is 44.7 Å². The third-order valence-electron chi connectivity index (χ3n) is 17.1. The zero-order valence-electron chi connectivity index (χ0n) is 64.6. The number of carbonyl (C=O) groups excluding carboxylic acids is 5. The van der Waals surface area contributed by atoms with E-state index in [-0.39, 0.29) is 35.5 Å². The van der Waals surface area contributed by atoms with Crippen LogP contribution in [0.2, 0.25) is 39.3 Å². The molecule has 6 aromatic rings. The molecule has 0 spiro atoms. The van der Waals surface area contributed by atoms with E-state index in [1.54, 1.807) is 87.1 Å². The van der Waals surface area contributed by atoms with Gasteiger partial charge in [0.15, 0.2) is 0 Å². The highest BCUT2D eigenvalue weighted by atomic mass is 79.9. The largest absolute Gasteiger partial charge is 0.478 e. The molecule has 24 heteroatoms. The summed E-state index contributed by atoms with van der Waals surface area (Å²) in [5.74, 6) is 12.1. The standard InChI is InChI=1S/C22H22N4O2.C19H29N3O2Si.C16H22BrNO2.C14H21N3Si.C11H13NO3/c1-4-16-13-23-20(24-14-16)12-17-10-11-26(15-17)22(28)18-6-8-19(9-7-18)25(3)21(27)5-2;1-19(2,3)24-18(23)22-9-7-15(14-22)11-17-20-12-16(13-21-17)8-10-25(4,5)6;1-16(2,3)20-15(19)18-9-8-13(11-18)10-12-4-6-14(17)7-5-12;1-18(2,3)7-5-13-10-16-14(17-11-13)8-12-4-6-15-9-12;1-3-10(13)12(2)9-6-4-8(5-7-9)11(14)15/h1,5-9,13-14,17H,2,10-12,15H2,3H3;12-13,15H,7,9,11,14H2,1-6H3;4-7,13H,8-11H2,1-3H3;10-12,15H,4,6,8-9H2,1-3H3;4-7H,3H2,1-2H3,(H,14,15)/t17-;15-;13-;12-;/m0000./s1. The van der Waals surface area contributed by atoms with Crippen molar-refractivity contribution < 1.29 is 43.3 Å². The number of likely N-dealkylation sites (N-methyl/N-ethyl adjacent to an activating group) is 1. The van der Waals surface area contributed by atoms with E-state index in [1.807, 2.05) is 63.7 Å². The van der Waals surface area contributed by atoms with E-state index in [1.165, 1.54) is 40.0 Å². The van der Waals surface area contributed by atoms with Gasteiger partial charge in [0.25, 0.3) is 5.91 Å². The van der Waals surface area contributed by atoms with E-state index in [2.05, 4.69) is 150 Å². The van der Waals surface area contributed by atoms with Gasteiger partial charge in [0.05, 0.1) is 22.3 Å². The number of aromatic nitrogens is 6. The molecular weight excluding hydrogens is 1430 g/mol. The van der Waals surface area contributed by atoms with Crippen LogP contribution >= 0.6 is 15.9 Å². The number of carbonyl (C=O) groups is 6. The Labute approximate surface area is 638 Å². The van der Waals surface area contributed by atoms with Crippen LogP contribution in [0.4, 0.5) is 21.0 Å². The lowest BCUT2D eigenvalue weighted by Crippen LogP contribution is -2.35. The molecule has 2 N–H and O–H groups in total. The lowest BCUT2D eigenvalue weighted by atomic mass is 9.99. The summed E-state index contributed by atoms with van der Waals surface area (Å²) in [4.78, 5) is 105. The Kier molecular flexibility index (Phi) is 32.6. The van der Waals surface area contributed by atoms with Crippen LogP contribution in [0.3, 0.4) is 0 Å². The zero-order chi connectivity index (χ0) is 77.9. The molecule has 0 unspecified atom stereocenters. The van der Waals surface area contributed by atoms with Crippen LogP contribution < -0.4 is 15.1 Å². The predicted octanol–water partition coefficient (Wildman–Crippen LogP) is 13.7. The van der Waals surface area contributed by atoms with Crippen molar-refractivity contribution >= 4 is 79.3 Å². The van der Waals surface area contributed by atoms with Gasteiger partial charge in [-0.15, -0.1) is 17.5 Å². The van der Waals surface area contributed by atoms with E-state index in [4.69, 9.17) is 21.0 Å². The molecule has 10 rings (SSSR count). The van der Waals surface area contributed by atoms with Crippen LogP contribution in [0.1, 0.15) is 141 Å². The maximum atomic E-state index is 12.8. The number of nitrogens with one attached hydrogen (secondary N) is 1. The third kappa shape index (κ3) is 30.6. The number of carboxylic acid groups (broad SMARTS) is 1. The van der Waals surface area contributed by atoms with Gasteiger partial charge in [-0.1, -0.05) is 98.6 Å². The Morgan fingerprint density at radius 2 is 0.981 bits per heavy atom. The van der Waals surface area contributed by atoms with E-state index in [0.29, 0.717) is 72.2 Å². The van der Waals surface area contributed by atoms with Gasteiger partial charge in [0, 0.05) is 138 Å². The predicted molar refractivity (Wildman–Crippen MR) is 427 cm³/mol. The number of ether oxygens (including phenoxy) is 2. The summed E-state index contributed by atoms with van der Waals surface area (Å²) in [5.41, 5.74) is 11.8. The number of benzene rings is 3. The molecule has 106 heavy (non-hydrogen) atoms. The number of nitrogens with zero attached hydrogens (tertiary/aromatic N) is 11. The fraction of sp³-hybridized carbons (Fsp3) is 0.463. The number of hydrogen-bond acceptors (Lipinski definition) is 15. The Morgan fingerprint density at radius 1 is 0.585 bits per heavy atom. The quantitative estimate of drug-likeness (QED) is 0.0584. The smallest absolute Gasteiger partial charge is 0.410 e. The molecule has 21 nitrogen and oxygen atoms in total. The minimum Gasteiger partial charge on any atom is -0.478 e. The van der Waals surface area contributed by atoms with E-state index in [0.717, 1.165) is 111 Å². The number of rotatable bonds is 14. The molecule has 5 amide bonds. The molecule has 4 aliphatic heterocycles. The topological polar surface area (TPSA) is 247 Å². The molecule has 3 aromatic carbocycles. The maximum absolute atomic E-state index is 12.8. The molecule has 4 atom stereocenters. The number of likely N-dealkylation sites (tertiary alicyclic amines) is 3. The molecule has 564 valence electrons. The third-order valence-corrected chi connectivity index (χ3v) is 19.4. The monoisotopic (exact) mass is 1540 g/mol. The highest BCUT2D eigenvalue weighted by Gasteiger charge is 2.33. The van der Waals surface area contributed by atoms with Crippen LogP contribution in [0.5, 0.6) is 0 Å². The summed E-state index contributed by atoms with van der Waals surface area (Å²) in [6, 6.07) is 21.7. The first kappa shape index (κ1) is 85.5. The summed E-state index contributed by atoms with van der Waals surface area (Å²) in [5, 5.41) is 12.1. The van der Waals surface area contributed by atoms with Crippen LogP contribution in [0.25, 0.3) is 0 Å². The van der Waals surface area contributed by atoms with Crippen LogP contribution in [0, 0.1) is 58.9 Å². The normalized spacial score (nSPS) is 16.7. The number of amides is 5. The number of anilines is 2. The SMILES string of the molecule is C#Cc1cnc(C[C@@H]2CCN(C(=O)c3ccc(N(C)C(=O)C=C)cc3)C2)nc1.CC(C)(C)OC(=O)N1CC[C@@H](Cc2ccc(Br)cc2)C1.CC(C)(C)OC(=O)N1CC[C@@H](Cc2ncc(C#C[Si](C)(C)C)cn2)C1.CCC(=O)N(C)c1ccc(C(=O)O)cc1.C[Si](C)(C)C#Cc1cnc(C[C@@H]2CCNC2)nc1. The number of halogens is 1. The molecule has 4 aliphatic rings. The molecule has 0 aliphatic carbocycles. The van der Waals surface area contributed by atoms with Crippen molar-refractivity contribution in [1.82, 2.24) is 49.9 Å². The Morgan fingerprint density at radius 3 is 1.37 bits per heavy atom. The highest BCUT2D eigenvalue weighted by Crippen LogP contribution is 2.27. The first-order valence-electron chi connectivity index (χ1n) is 36.2. The Hall–Kier alpha value is -9.39. The van der Waals surface area contributed by atoms with Crippen molar-refractivity contribution in [2.45, 2.75) is 157 Å². The van der Waals surface area contributed by atoms with Gasteiger partial charge in [-0.3, -0.25) is 14.4 Å². The van der Waals surface area contributed by atoms with Crippen molar-refractivity contribution in [3.8, 4) is 35.3 Å². The molecule has 7 heterocycles. The molecular formula is C82H107BrN12O9Si2. The van der Waals surface area contributed by atoms with Crippen molar-refractivity contribution in [3.05, 3.63) is 178 Å². The number of terminal acetylenes is 1. The van der Waals surface area contributed by atoms with Gasteiger partial charge in [-0.2, -0.15) is 0 Å². The first-order chi connectivity index (χ1) is 49.9. The minimum atomic E-state index is -1.38. The summed E-state index contributed by atoms with van der Waals surface area (Å²) < 4.78 is 12.0. The second kappa shape index (κ2) is 40.4. The first-order valence-corrected chi connectivity index (χ1v) is 44.0. The van der Waals surface area contributed by atoms with Gasteiger partial charge in [0.1, 0.15) is 44.8 Å². The minimum absolute atomic E-state index is 0.00178. The van der Waals surface area contributed by atoms with E-state index in [9.17, 15) is 28.8 Å². The molecule has 0 saturated carbocycles.